The first-order valence-corrected chi connectivity index (χ1v) is 35.4. The van der Waals surface area contributed by atoms with E-state index >= 15 is 79.0 Å². The summed E-state index contributed by atoms with van der Waals surface area (Å²) in [7, 11) is 1.06. The molecule has 0 N–H and O–H groups in total. The van der Waals surface area contributed by atoms with Gasteiger partial charge in [0, 0.05) is 25.2 Å². The van der Waals surface area contributed by atoms with Crippen molar-refractivity contribution in [3.8, 4) is 0 Å². The summed E-state index contributed by atoms with van der Waals surface area (Å²) in [4.78, 5) is 114. The number of likely N-dealkylation sites (tertiary alicyclic amines) is 4. The molecular formula is C68H84F18N4O8. The van der Waals surface area contributed by atoms with Crippen molar-refractivity contribution in [3.63, 3.8) is 0 Å². The minimum Gasteiger partial charge on any atom is -0.285 e. The topological polar surface area (TPSA) is 150 Å². The number of halogens is 18. The molecule has 12 rings (SSSR count). The van der Waals surface area contributed by atoms with Crippen molar-refractivity contribution < 1.29 is 117 Å². The second-order valence-corrected chi connectivity index (χ2v) is 31.9. The second-order valence-electron chi connectivity index (χ2n) is 31.9. The van der Waals surface area contributed by atoms with Gasteiger partial charge in [-0.05, 0) is 214 Å². The van der Waals surface area contributed by atoms with E-state index in [2.05, 4.69) is 6.92 Å². The van der Waals surface area contributed by atoms with Crippen LogP contribution in [0.1, 0.15) is 193 Å². The van der Waals surface area contributed by atoms with Crippen LogP contribution in [0.3, 0.4) is 0 Å². The lowest BCUT2D eigenvalue weighted by Gasteiger charge is -2.52. The molecule has 4 saturated heterocycles. The van der Waals surface area contributed by atoms with Crippen LogP contribution in [0.5, 0.6) is 0 Å². The molecule has 4 aliphatic heterocycles. The summed E-state index contributed by atoms with van der Waals surface area (Å²) in [5.74, 6) is -31.9. The van der Waals surface area contributed by atoms with Crippen LogP contribution in [-0.4, -0.2) is 129 Å². The average molecular weight is 1430 g/mol. The zero-order valence-electron chi connectivity index (χ0n) is 54.4. The zero-order chi connectivity index (χ0) is 71.5. The third kappa shape index (κ3) is 11.2. The van der Waals surface area contributed by atoms with E-state index in [1.54, 1.807) is 0 Å². The number of carbonyl (C=O) groups is 8. The molecule has 12 aliphatic rings. The fraction of sp³-hybridized carbons (Fsp3) is 0.882. The molecule has 4 heterocycles. The Morgan fingerprint density at radius 3 is 0.745 bits per heavy atom. The van der Waals surface area contributed by atoms with E-state index in [4.69, 9.17) is 0 Å². The number of carbonyl (C=O) groups excluding carboxylic acids is 8. The van der Waals surface area contributed by atoms with Crippen LogP contribution >= 0.6 is 0 Å². The molecule has 12 atom stereocenters. The van der Waals surface area contributed by atoms with Crippen molar-refractivity contribution in [2.75, 3.05) is 7.05 Å². The van der Waals surface area contributed by atoms with Gasteiger partial charge in [0.1, 0.15) is 0 Å². The molecule has 0 aromatic heterocycles. The predicted octanol–water partition coefficient (Wildman–Crippen LogP) is 15.4. The highest BCUT2D eigenvalue weighted by atomic mass is 19.4. The number of fused-ring (bicyclic) bond motifs is 4. The quantitative estimate of drug-likeness (QED) is 0.147. The summed E-state index contributed by atoms with van der Waals surface area (Å²) in [6.07, 6.45) is -44.8. The number of hydrogen-bond donors (Lipinski definition) is 0. The van der Waals surface area contributed by atoms with E-state index in [-0.39, 0.29) is 0 Å². The van der Waals surface area contributed by atoms with Crippen LogP contribution < -0.4 is 0 Å². The molecule has 0 aromatic rings. The van der Waals surface area contributed by atoms with Crippen LogP contribution in [0.15, 0.2) is 0 Å². The first kappa shape index (κ1) is 73.1. The number of amides is 8. The lowest BCUT2D eigenvalue weighted by molar-refractivity contribution is -0.384. The van der Waals surface area contributed by atoms with Gasteiger partial charge in [-0.3, -0.25) is 58.0 Å². The van der Waals surface area contributed by atoms with Gasteiger partial charge in [-0.25, -0.2) is 0 Å². The zero-order valence-corrected chi connectivity index (χ0v) is 54.4. The summed E-state index contributed by atoms with van der Waals surface area (Å²) in [6.45, 7) is 2.22. The van der Waals surface area contributed by atoms with E-state index in [9.17, 15) is 38.4 Å². The third-order valence-corrected chi connectivity index (χ3v) is 27.8. The third-order valence-electron chi connectivity index (χ3n) is 27.8. The second kappa shape index (κ2) is 25.3. The van der Waals surface area contributed by atoms with Crippen LogP contribution in [0.4, 0.5) is 79.0 Å². The van der Waals surface area contributed by atoms with Crippen LogP contribution in [0.25, 0.3) is 0 Å². The first-order valence-electron chi connectivity index (χ1n) is 35.4. The lowest BCUT2D eigenvalue weighted by atomic mass is 9.54. The molecule has 12 nitrogen and oxygen atoms in total. The van der Waals surface area contributed by atoms with Gasteiger partial charge in [0.15, 0.2) is 16.2 Å². The van der Waals surface area contributed by atoms with E-state index in [0.29, 0.717) is 58.1 Å². The number of hydrogen-bond acceptors (Lipinski definition) is 8. The van der Waals surface area contributed by atoms with Gasteiger partial charge in [-0.1, -0.05) is 32.6 Å². The van der Waals surface area contributed by atoms with Crippen LogP contribution in [-0.2, 0) is 38.4 Å². The van der Waals surface area contributed by atoms with Crippen molar-refractivity contribution in [1.82, 2.24) is 19.6 Å². The number of imide groups is 4. The smallest absolute Gasteiger partial charge is 0.285 e. The van der Waals surface area contributed by atoms with Gasteiger partial charge < -0.3 is 0 Å². The molecule has 30 heteroatoms. The van der Waals surface area contributed by atoms with Gasteiger partial charge in [-0.2, -0.15) is 79.0 Å². The van der Waals surface area contributed by atoms with Crippen molar-refractivity contribution in [3.05, 3.63) is 0 Å². The Kier molecular flexibility index (Phi) is 18.9. The monoisotopic (exact) mass is 1430 g/mol. The Morgan fingerprint density at radius 1 is 0.265 bits per heavy atom. The van der Waals surface area contributed by atoms with E-state index in [1.807, 2.05) is 0 Å². The van der Waals surface area contributed by atoms with Crippen molar-refractivity contribution in [2.45, 2.75) is 248 Å². The Labute approximate surface area is 554 Å². The number of rotatable bonds is 11. The largest absolute Gasteiger partial charge is 0.403 e. The maximum atomic E-state index is 15.9. The Bertz CT molecular complexity index is 3070. The minimum atomic E-state index is -6.08. The lowest BCUT2D eigenvalue weighted by Crippen LogP contribution is -2.61. The molecule has 0 aromatic carbocycles. The van der Waals surface area contributed by atoms with Gasteiger partial charge >= 0.3 is 37.1 Å². The minimum absolute atomic E-state index is 0.354. The van der Waals surface area contributed by atoms with Crippen molar-refractivity contribution in [1.29, 1.82) is 0 Å². The summed E-state index contributed by atoms with van der Waals surface area (Å²) in [5.41, 5.74) is -13.6. The molecule has 12 fully saturated rings. The summed E-state index contributed by atoms with van der Waals surface area (Å²) in [6, 6.07) is -3.40. The molecule has 0 radical (unpaired) electrons. The van der Waals surface area contributed by atoms with Crippen molar-refractivity contribution in [2.24, 2.45) is 117 Å². The van der Waals surface area contributed by atoms with E-state index in [0.717, 1.165) is 44.1 Å². The maximum absolute atomic E-state index is 15.9. The highest BCUT2D eigenvalue weighted by Gasteiger charge is 2.81. The highest BCUT2D eigenvalue weighted by molar-refractivity contribution is 6.07. The average Bonchev–Trinajstić information content (AvgIpc) is 1.12. The number of nitrogens with zero attached hydrogens (tertiary/aromatic N) is 4. The SMILES string of the molecule is CC1CCC(CC2CCC(N3C(=O)C4CCC(C(C5CCC6C(=O)N(C7CCC(C(C8CCC(N9C(=O)C%10CCC(C(C%11CCC%12C(=O)N(C)C(=O)C%12C%11)(C(F)(F)F)C(F)(F)F)CC%10C9=O)CC8)(C(F)(F)F)C(F)(F)F)CC7)C(=O)C6C5)(C(F)(F)F)C(F)(F)F)CC4C3=O)CC2)CC1. The molecule has 8 aliphatic carbocycles. The van der Waals surface area contributed by atoms with Crippen LogP contribution in [0.2, 0.25) is 0 Å². The Balaban J connectivity index is 0.706. The molecule has 0 spiro atoms. The normalized spacial score (nSPS) is 38.6. The van der Waals surface area contributed by atoms with Gasteiger partial charge in [0.05, 0.1) is 47.3 Å². The fourth-order valence-corrected chi connectivity index (χ4v) is 23.2. The van der Waals surface area contributed by atoms with E-state index in [1.165, 1.54) is 0 Å². The summed E-state index contributed by atoms with van der Waals surface area (Å²) >= 11 is 0. The summed E-state index contributed by atoms with van der Waals surface area (Å²) in [5, 5.41) is 0. The maximum Gasteiger partial charge on any atom is 0.403 e. The fourth-order valence-electron chi connectivity index (χ4n) is 23.2. The van der Waals surface area contributed by atoms with E-state index < -0.39 is 330 Å². The van der Waals surface area contributed by atoms with Crippen LogP contribution in [0, 0.1) is 117 Å². The first-order chi connectivity index (χ1) is 45.6. The Morgan fingerprint density at radius 2 is 0.469 bits per heavy atom. The predicted molar refractivity (Wildman–Crippen MR) is 307 cm³/mol. The molecule has 8 amide bonds. The molecule has 12 unspecified atom stereocenters. The molecule has 98 heavy (non-hydrogen) atoms. The molecule has 8 saturated carbocycles. The summed E-state index contributed by atoms with van der Waals surface area (Å²) < 4.78 is 284. The highest BCUT2D eigenvalue weighted by Crippen LogP contribution is 2.71. The molecular weight excluding hydrogens is 1340 g/mol. The number of alkyl halides is 18. The molecule has 0 bridgehead atoms. The van der Waals surface area contributed by atoms with Gasteiger partial charge in [0.2, 0.25) is 47.3 Å². The van der Waals surface area contributed by atoms with Crippen molar-refractivity contribution >= 4 is 47.3 Å². The Hall–Kier alpha value is -4.70. The standard InChI is InChI=1S/C68H84F18N4O8/c1-32-3-5-33(6-4-32)27-34-7-17-41(18-8-34)88-54(93)45-24-15-39(30-49(45)57(88)96)62(67(81,82)83,68(84,85)86)40-16-26-47-51(31-40)59(98)90(56(47)95)43-21-11-36(12-22-43)60(63(69,70)71,64(72,73)74)35-9-19-42(20-10-35)89-55(94)46-25-14-38(29-50(46)58(89)97)61(65(75,76)77,66(78,79)80)37-13-23-44-48(28-37)53(92)87(2)52(44)91/h32-51H,3-31H2,1-2H3. The van der Waals surface area contributed by atoms with Gasteiger partial charge in [0.25, 0.3) is 0 Å². The van der Waals surface area contributed by atoms with Gasteiger partial charge in [-0.15, -0.1) is 0 Å². The molecule has 550 valence electrons.